The van der Waals surface area contributed by atoms with Gasteiger partial charge in [-0.2, -0.15) is 0 Å². The molecule has 5 nitrogen and oxygen atoms in total. The predicted molar refractivity (Wildman–Crippen MR) is 108 cm³/mol. The van der Waals surface area contributed by atoms with Gasteiger partial charge in [-0.25, -0.2) is 13.2 Å². The maximum atomic E-state index is 12.9. The van der Waals surface area contributed by atoms with Crippen molar-refractivity contribution in [2.45, 2.75) is 51.1 Å². The van der Waals surface area contributed by atoms with Gasteiger partial charge >= 0.3 is 6.03 Å². The molecule has 2 fully saturated rings. The number of amides is 2. The van der Waals surface area contributed by atoms with Gasteiger partial charge in [0.25, 0.3) is 0 Å². The van der Waals surface area contributed by atoms with Gasteiger partial charge in [0, 0.05) is 24.3 Å². The SMILES string of the molecule is CC(/C=C/S(C)(=O)=O)NC(=O)N1CC[C@H](CC2CC2)C[C@@H]1c1ccccc1. The summed E-state index contributed by atoms with van der Waals surface area (Å²) in [6, 6.07) is 9.84. The lowest BCUT2D eigenvalue weighted by atomic mass is 9.84. The number of sulfone groups is 1. The van der Waals surface area contributed by atoms with Gasteiger partial charge in [0.05, 0.1) is 6.04 Å². The van der Waals surface area contributed by atoms with Crippen molar-refractivity contribution < 1.29 is 13.2 Å². The molecule has 1 heterocycles. The van der Waals surface area contributed by atoms with E-state index in [0.717, 1.165) is 37.0 Å². The van der Waals surface area contributed by atoms with E-state index in [1.807, 2.05) is 23.1 Å². The van der Waals surface area contributed by atoms with Gasteiger partial charge in [-0.1, -0.05) is 49.2 Å². The molecule has 1 unspecified atom stereocenters. The molecule has 1 saturated heterocycles. The van der Waals surface area contributed by atoms with Crippen molar-refractivity contribution in [3.8, 4) is 0 Å². The number of benzene rings is 1. The summed E-state index contributed by atoms with van der Waals surface area (Å²) < 4.78 is 22.6. The van der Waals surface area contributed by atoms with Gasteiger partial charge in [-0.3, -0.25) is 0 Å². The first-order valence-corrected chi connectivity index (χ1v) is 11.8. The van der Waals surface area contributed by atoms with Crippen LogP contribution in [0.4, 0.5) is 4.79 Å². The fourth-order valence-corrected chi connectivity index (χ4v) is 4.42. The molecule has 3 atom stereocenters. The second kappa shape index (κ2) is 8.46. The van der Waals surface area contributed by atoms with E-state index < -0.39 is 9.84 Å². The lowest BCUT2D eigenvalue weighted by molar-refractivity contribution is 0.121. The molecule has 27 heavy (non-hydrogen) atoms. The summed E-state index contributed by atoms with van der Waals surface area (Å²) in [4.78, 5) is 14.8. The minimum Gasteiger partial charge on any atom is -0.332 e. The lowest BCUT2D eigenvalue weighted by Gasteiger charge is -2.40. The first kappa shape index (κ1) is 19.9. The van der Waals surface area contributed by atoms with E-state index in [2.05, 4.69) is 17.4 Å². The fourth-order valence-electron chi connectivity index (χ4n) is 3.90. The number of hydrogen-bond acceptors (Lipinski definition) is 3. The molecular weight excluding hydrogens is 360 g/mol. The van der Waals surface area contributed by atoms with E-state index in [1.54, 1.807) is 6.92 Å². The van der Waals surface area contributed by atoms with Gasteiger partial charge < -0.3 is 10.2 Å². The molecule has 3 rings (SSSR count). The molecule has 6 heteroatoms. The summed E-state index contributed by atoms with van der Waals surface area (Å²) in [6.07, 6.45) is 8.72. The van der Waals surface area contributed by atoms with E-state index in [4.69, 9.17) is 0 Å². The highest BCUT2D eigenvalue weighted by molar-refractivity contribution is 7.93. The van der Waals surface area contributed by atoms with E-state index >= 15 is 0 Å². The Hall–Kier alpha value is -1.82. The quantitative estimate of drug-likeness (QED) is 0.801. The van der Waals surface area contributed by atoms with Crippen LogP contribution in [0, 0.1) is 11.8 Å². The Morgan fingerprint density at radius 1 is 1.22 bits per heavy atom. The predicted octanol–water partition coefficient (Wildman–Crippen LogP) is 3.90. The molecule has 0 radical (unpaired) electrons. The Labute approximate surface area is 162 Å². The van der Waals surface area contributed by atoms with Crippen molar-refractivity contribution in [2.75, 3.05) is 12.8 Å². The zero-order chi connectivity index (χ0) is 19.4. The molecule has 2 aliphatic rings. The zero-order valence-corrected chi connectivity index (χ0v) is 17.0. The van der Waals surface area contributed by atoms with Crippen molar-refractivity contribution in [3.63, 3.8) is 0 Å². The van der Waals surface area contributed by atoms with Crippen LogP contribution in [-0.2, 0) is 9.84 Å². The molecular formula is C21H30N2O3S. The van der Waals surface area contributed by atoms with Crippen LogP contribution in [0.15, 0.2) is 41.8 Å². The van der Waals surface area contributed by atoms with Crippen molar-refractivity contribution in [1.29, 1.82) is 0 Å². The van der Waals surface area contributed by atoms with Crippen molar-refractivity contribution >= 4 is 15.9 Å². The molecule has 148 valence electrons. The average Bonchev–Trinajstić information content (AvgIpc) is 3.44. The highest BCUT2D eigenvalue weighted by atomic mass is 32.2. The summed E-state index contributed by atoms with van der Waals surface area (Å²) in [5, 5.41) is 4.07. The molecule has 0 bridgehead atoms. The Bertz CT molecular complexity index is 772. The molecule has 1 N–H and O–H groups in total. The minimum absolute atomic E-state index is 0.0785. The van der Waals surface area contributed by atoms with Crippen LogP contribution in [0.2, 0.25) is 0 Å². The number of likely N-dealkylation sites (tertiary alicyclic amines) is 1. The molecule has 0 aromatic heterocycles. The summed E-state index contributed by atoms with van der Waals surface area (Å²) in [5.41, 5.74) is 1.17. The smallest absolute Gasteiger partial charge is 0.318 e. The number of carbonyl (C=O) groups excluding carboxylic acids is 1. The Balaban J connectivity index is 1.69. The van der Waals surface area contributed by atoms with Gasteiger partial charge in [-0.05, 0) is 43.6 Å². The summed E-state index contributed by atoms with van der Waals surface area (Å²) in [5.74, 6) is 1.57. The van der Waals surface area contributed by atoms with Crippen LogP contribution >= 0.6 is 0 Å². The second-order valence-electron chi connectivity index (χ2n) is 8.09. The van der Waals surface area contributed by atoms with Crippen LogP contribution in [0.1, 0.15) is 50.6 Å². The van der Waals surface area contributed by atoms with Crippen LogP contribution in [0.25, 0.3) is 0 Å². The third-order valence-corrected chi connectivity index (χ3v) is 6.14. The second-order valence-corrected chi connectivity index (χ2v) is 10.0. The lowest BCUT2D eigenvalue weighted by Crippen LogP contribution is -2.48. The Morgan fingerprint density at radius 2 is 1.93 bits per heavy atom. The molecule has 1 aromatic rings. The maximum absolute atomic E-state index is 12.9. The number of nitrogens with one attached hydrogen (secondary N) is 1. The molecule has 1 aliphatic heterocycles. The number of nitrogens with zero attached hydrogens (tertiary/aromatic N) is 1. The van der Waals surface area contributed by atoms with Gasteiger partial charge in [0.15, 0.2) is 9.84 Å². The number of urea groups is 1. The molecule has 1 saturated carbocycles. The number of piperidine rings is 1. The zero-order valence-electron chi connectivity index (χ0n) is 16.2. The third-order valence-electron chi connectivity index (χ3n) is 5.49. The Morgan fingerprint density at radius 3 is 2.56 bits per heavy atom. The van der Waals surface area contributed by atoms with Gasteiger partial charge in [0.2, 0.25) is 0 Å². The van der Waals surface area contributed by atoms with E-state index in [9.17, 15) is 13.2 Å². The highest BCUT2D eigenvalue weighted by Gasteiger charge is 2.35. The van der Waals surface area contributed by atoms with Crippen molar-refractivity contribution in [2.24, 2.45) is 11.8 Å². The van der Waals surface area contributed by atoms with E-state index in [0.29, 0.717) is 5.92 Å². The van der Waals surface area contributed by atoms with Gasteiger partial charge in [-0.15, -0.1) is 0 Å². The third kappa shape index (κ3) is 6.09. The monoisotopic (exact) mass is 390 g/mol. The topological polar surface area (TPSA) is 66.5 Å². The van der Waals surface area contributed by atoms with E-state index in [1.165, 1.54) is 30.9 Å². The molecule has 1 aliphatic carbocycles. The average molecular weight is 391 g/mol. The first-order valence-electron chi connectivity index (χ1n) is 9.82. The summed E-state index contributed by atoms with van der Waals surface area (Å²) >= 11 is 0. The van der Waals surface area contributed by atoms with Gasteiger partial charge in [0.1, 0.15) is 0 Å². The number of rotatable bonds is 6. The van der Waals surface area contributed by atoms with Crippen molar-refractivity contribution in [1.82, 2.24) is 10.2 Å². The standard InChI is InChI=1S/C21H30N2O3S/c1-16(11-13-27(2,25)26)22-21(24)23-12-10-18(14-17-8-9-17)15-20(23)19-6-4-3-5-7-19/h3-7,11,13,16-18,20H,8-10,12,14-15H2,1-2H3,(H,22,24)/b13-11+/t16?,18-,20-/m1/s1. The number of hydrogen-bond donors (Lipinski definition) is 1. The number of carbonyl (C=O) groups is 1. The summed E-state index contributed by atoms with van der Waals surface area (Å²) in [7, 11) is -3.19. The van der Waals surface area contributed by atoms with Crippen LogP contribution < -0.4 is 5.32 Å². The molecule has 2 amide bonds. The normalized spacial score (nSPS) is 24.7. The fraction of sp³-hybridized carbons (Fsp3) is 0.571. The first-order chi connectivity index (χ1) is 12.8. The van der Waals surface area contributed by atoms with Crippen molar-refractivity contribution in [3.05, 3.63) is 47.4 Å². The van der Waals surface area contributed by atoms with Crippen LogP contribution in [0.5, 0.6) is 0 Å². The van der Waals surface area contributed by atoms with E-state index in [-0.39, 0.29) is 18.1 Å². The summed E-state index contributed by atoms with van der Waals surface area (Å²) in [6.45, 7) is 2.53. The maximum Gasteiger partial charge on any atom is 0.318 e. The minimum atomic E-state index is -3.19. The van der Waals surface area contributed by atoms with Crippen LogP contribution in [-0.4, -0.2) is 38.2 Å². The largest absolute Gasteiger partial charge is 0.332 e. The molecule has 1 aromatic carbocycles. The molecule has 0 spiro atoms. The van der Waals surface area contributed by atoms with Crippen LogP contribution in [0.3, 0.4) is 0 Å². The highest BCUT2D eigenvalue weighted by Crippen LogP contribution is 2.42. The Kier molecular flexibility index (Phi) is 6.25.